The van der Waals surface area contributed by atoms with Crippen molar-refractivity contribution in [1.29, 1.82) is 0 Å². The molecule has 0 saturated carbocycles. The molecule has 0 aliphatic rings. The Bertz CT molecular complexity index is 1510. The number of hydrogen-bond donors (Lipinski definition) is 1. The number of nitrogens with one attached hydrogen (secondary N) is 1. The predicted molar refractivity (Wildman–Crippen MR) is 171 cm³/mol. The SMILES string of the molecule is CC[C@H](C(=O)N[C@@H](C)CC)N(Cc1ccc(Cl)c(Cl)c1)C(=O)CN(c1cc(Cl)cc(Cl)c1)S(=O)(=O)c1ccc(C)cc1. The van der Waals surface area contributed by atoms with Gasteiger partial charge < -0.3 is 10.2 Å². The second-order valence-electron chi connectivity index (χ2n) is 9.96. The molecule has 3 aromatic rings. The molecule has 2 atom stereocenters. The van der Waals surface area contributed by atoms with Gasteiger partial charge in [0.05, 0.1) is 20.6 Å². The largest absolute Gasteiger partial charge is 0.352 e. The Kier molecular flexibility index (Phi) is 12.0. The highest BCUT2D eigenvalue weighted by Gasteiger charge is 2.34. The number of sulfonamides is 1. The van der Waals surface area contributed by atoms with Crippen molar-refractivity contribution in [1.82, 2.24) is 10.2 Å². The first-order chi connectivity index (χ1) is 19.8. The lowest BCUT2D eigenvalue weighted by atomic mass is 10.1. The Balaban J connectivity index is 2.11. The number of anilines is 1. The molecule has 0 aromatic heterocycles. The van der Waals surface area contributed by atoms with Crippen LogP contribution in [0.15, 0.2) is 65.6 Å². The van der Waals surface area contributed by atoms with E-state index in [9.17, 15) is 18.0 Å². The van der Waals surface area contributed by atoms with Crippen LogP contribution in [0.4, 0.5) is 5.69 Å². The molecule has 0 saturated heterocycles. The molecule has 3 aromatic carbocycles. The lowest BCUT2D eigenvalue weighted by molar-refractivity contribution is -0.140. The number of carbonyl (C=O) groups is 2. The van der Waals surface area contributed by atoms with Crippen LogP contribution in [-0.2, 0) is 26.2 Å². The minimum Gasteiger partial charge on any atom is -0.352 e. The molecule has 0 aliphatic heterocycles. The fourth-order valence-electron chi connectivity index (χ4n) is 4.24. The van der Waals surface area contributed by atoms with Crippen molar-refractivity contribution in [3.63, 3.8) is 0 Å². The van der Waals surface area contributed by atoms with Crippen LogP contribution in [0.2, 0.25) is 20.1 Å². The van der Waals surface area contributed by atoms with Gasteiger partial charge in [-0.2, -0.15) is 0 Å². The summed E-state index contributed by atoms with van der Waals surface area (Å²) in [4.78, 5) is 28.9. The third-order valence-corrected chi connectivity index (χ3v) is 9.71. The molecule has 0 fully saturated rings. The van der Waals surface area contributed by atoms with E-state index >= 15 is 0 Å². The maximum Gasteiger partial charge on any atom is 0.264 e. The first kappa shape index (κ1) is 34.0. The zero-order valence-electron chi connectivity index (χ0n) is 23.7. The van der Waals surface area contributed by atoms with Crippen LogP contribution in [-0.4, -0.2) is 43.8 Å². The van der Waals surface area contributed by atoms with Crippen LogP contribution < -0.4 is 9.62 Å². The zero-order valence-corrected chi connectivity index (χ0v) is 27.5. The molecule has 0 bridgehead atoms. The van der Waals surface area contributed by atoms with E-state index in [1.807, 2.05) is 20.8 Å². The van der Waals surface area contributed by atoms with Gasteiger partial charge in [0.25, 0.3) is 10.0 Å². The van der Waals surface area contributed by atoms with Crippen LogP contribution in [0.1, 0.15) is 44.7 Å². The molecule has 1 N–H and O–H groups in total. The van der Waals surface area contributed by atoms with E-state index in [0.29, 0.717) is 17.0 Å². The molecule has 12 heteroatoms. The Hall–Kier alpha value is -2.49. The Labute approximate surface area is 267 Å². The zero-order chi connectivity index (χ0) is 31.2. The van der Waals surface area contributed by atoms with Crippen molar-refractivity contribution in [2.75, 3.05) is 10.8 Å². The second kappa shape index (κ2) is 14.8. The van der Waals surface area contributed by atoms with Gasteiger partial charge in [-0.1, -0.05) is 84.0 Å². The second-order valence-corrected chi connectivity index (χ2v) is 13.5. The minimum atomic E-state index is -4.26. The van der Waals surface area contributed by atoms with Gasteiger partial charge in [0.1, 0.15) is 12.6 Å². The summed E-state index contributed by atoms with van der Waals surface area (Å²) in [6.45, 7) is 6.79. The third kappa shape index (κ3) is 8.54. The molecule has 7 nitrogen and oxygen atoms in total. The van der Waals surface area contributed by atoms with Crippen LogP contribution in [0.25, 0.3) is 0 Å². The van der Waals surface area contributed by atoms with Gasteiger partial charge in [-0.05, 0) is 74.7 Å². The number of benzene rings is 3. The average Bonchev–Trinajstić information content (AvgIpc) is 2.92. The van der Waals surface area contributed by atoms with Gasteiger partial charge in [-0.15, -0.1) is 0 Å². The summed E-state index contributed by atoms with van der Waals surface area (Å²) in [6.07, 6.45) is 0.976. The van der Waals surface area contributed by atoms with Crippen molar-refractivity contribution in [3.05, 3.63) is 91.9 Å². The average molecular weight is 673 g/mol. The van der Waals surface area contributed by atoms with E-state index in [1.165, 1.54) is 35.2 Å². The predicted octanol–water partition coefficient (Wildman–Crippen LogP) is 7.53. The quantitative estimate of drug-likeness (QED) is 0.216. The van der Waals surface area contributed by atoms with E-state index < -0.39 is 28.5 Å². The summed E-state index contributed by atoms with van der Waals surface area (Å²) in [5, 5.41) is 3.96. The Morgan fingerprint density at radius 1 is 0.857 bits per heavy atom. The molecule has 0 unspecified atom stereocenters. The van der Waals surface area contributed by atoms with E-state index in [-0.39, 0.29) is 50.6 Å². The molecular weight excluding hydrogens is 640 g/mol. The summed E-state index contributed by atoms with van der Waals surface area (Å²) in [5.74, 6) is -0.960. The van der Waals surface area contributed by atoms with Gasteiger partial charge in [0.15, 0.2) is 0 Å². The molecule has 3 rings (SSSR count). The fourth-order valence-corrected chi connectivity index (χ4v) is 6.48. The molecule has 0 radical (unpaired) electrons. The topological polar surface area (TPSA) is 86.8 Å². The first-order valence-electron chi connectivity index (χ1n) is 13.4. The molecule has 2 amide bonds. The van der Waals surface area contributed by atoms with Crippen LogP contribution in [0, 0.1) is 6.92 Å². The Morgan fingerprint density at radius 3 is 2.02 bits per heavy atom. The third-order valence-electron chi connectivity index (χ3n) is 6.75. The highest BCUT2D eigenvalue weighted by Crippen LogP contribution is 2.31. The molecular formula is C30H33Cl4N3O4S. The highest BCUT2D eigenvalue weighted by molar-refractivity contribution is 7.92. The molecule has 0 spiro atoms. The number of aryl methyl sites for hydroxylation is 1. The number of nitrogens with zero attached hydrogens (tertiary/aromatic N) is 2. The Morgan fingerprint density at radius 2 is 1.48 bits per heavy atom. The van der Waals surface area contributed by atoms with E-state index in [1.54, 1.807) is 37.3 Å². The summed E-state index contributed by atoms with van der Waals surface area (Å²) < 4.78 is 28.9. The highest BCUT2D eigenvalue weighted by atomic mass is 35.5. The fraction of sp³-hybridized carbons (Fsp3) is 0.333. The van der Waals surface area contributed by atoms with E-state index in [4.69, 9.17) is 46.4 Å². The van der Waals surface area contributed by atoms with Crippen molar-refractivity contribution < 1.29 is 18.0 Å². The maximum atomic E-state index is 14.2. The van der Waals surface area contributed by atoms with Crippen molar-refractivity contribution in [2.24, 2.45) is 0 Å². The molecule has 226 valence electrons. The smallest absolute Gasteiger partial charge is 0.264 e. The van der Waals surface area contributed by atoms with Crippen molar-refractivity contribution >= 4 is 73.9 Å². The van der Waals surface area contributed by atoms with Crippen molar-refractivity contribution in [3.8, 4) is 0 Å². The summed E-state index contributed by atoms with van der Waals surface area (Å²) >= 11 is 24.8. The molecule has 42 heavy (non-hydrogen) atoms. The number of halogens is 4. The van der Waals surface area contributed by atoms with Gasteiger partial charge in [0, 0.05) is 22.6 Å². The minimum absolute atomic E-state index is 0.0170. The van der Waals surface area contributed by atoms with E-state index in [0.717, 1.165) is 9.87 Å². The normalized spacial score (nSPS) is 12.9. The summed E-state index contributed by atoms with van der Waals surface area (Å²) in [5.41, 5.74) is 1.59. The number of rotatable bonds is 12. The number of hydrogen-bond acceptors (Lipinski definition) is 4. The maximum absolute atomic E-state index is 14.2. The van der Waals surface area contributed by atoms with Crippen LogP contribution in [0.5, 0.6) is 0 Å². The van der Waals surface area contributed by atoms with Crippen molar-refractivity contribution in [2.45, 2.75) is 64.1 Å². The number of carbonyl (C=O) groups excluding carboxylic acids is 2. The monoisotopic (exact) mass is 671 g/mol. The van der Waals surface area contributed by atoms with Gasteiger partial charge in [-0.3, -0.25) is 13.9 Å². The summed E-state index contributed by atoms with van der Waals surface area (Å²) in [7, 11) is -4.26. The standard InChI is InChI=1S/C30H33Cl4N3O4S/c1-5-20(4)35-30(39)28(6-2)36(17-21-9-12-26(33)27(34)13-21)29(38)18-37(24-15-22(31)14-23(32)16-24)42(40,41)25-10-7-19(3)8-11-25/h7-16,20,28H,5-6,17-18H2,1-4H3,(H,35,39)/t20-,28+/m0/s1. The van der Waals surface area contributed by atoms with Gasteiger partial charge in [-0.25, -0.2) is 8.42 Å². The molecule has 0 aliphatic carbocycles. The lowest BCUT2D eigenvalue weighted by Crippen LogP contribution is -2.53. The van der Waals surface area contributed by atoms with Crippen LogP contribution in [0.3, 0.4) is 0 Å². The summed E-state index contributed by atoms with van der Waals surface area (Å²) in [6, 6.07) is 14.5. The van der Waals surface area contributed by atoms with Crippen LogP contribution >= 0.6 is 46.4 Å². The first-order valence-corrected chi connectivity index (χ1v) is 16.3. The van der Waals surface area contributed by atoms with Gasteiger partial charge in [0.2, 0.25) is 11.8 Å². The van der Waals surface area contributed by atoms with Gasteiger partial charge >= 0.3 is 0 Å². The van der Waals surface area contributed by atoms with E-state index in [2.05, 4.69) is 5.32 Å². The lowest BCUT2D eigenvalue weighted by Gasteiger charge is -2.34. The molecule has 0 heterocycles. The number of amides is 2.